The van der Waals surface area contributed by atoms with Gasteiger partial charge in [0.25, 0.3) is 5.91 Å². The highest BCUT2D eigenvalue weighted by atomic mass is 35.5. The molecule has 2 aromatic carbocycles. The van der Waals surface area contributed by atoms with Crippen LogP contribution in [0.2, 0.25) is 5.02 Å². The average molecular weight is 361 g/mol. The van der Waals surface area contributed by atoms with Crippen LogP contribution < -0.4 is 4.90 Å². The van der Waals surface area contributed by atoms with Crippen LogP contribution >= 0.6 is 11.6 Å². The summed E-state index contributed by atoms with van der Waals surface area (Å²) in [5.41, 5.74) is 2.08. The van der Waals surface area contributed by atoms with E-state index < -0.39 is 11.9 Å². The van der Waals surface area contributed by atoms with Crippen molar-refractivity contribution in [1.82, 2.24) is 4.90 Å². The van der Waals surface area contributed by atoms with Gasteiger partial charge in [0.15, 0.2) is 0 Å². The van der Waals surface area contributed by atoms with Crippen LogP contribution in [0, 0.1) is 12.7 Å². The number of hydrogen-bond acceptors (Lipinski definition) is 2. The highest BCUT2D eigenvalue weighted by molar-refractivity contribution is 6.31. The van der Waals surface area contributed by atoms with Crippen molar-refractivity contribution in [2.75, 3.05) is 18.0 Å². The quantitative estimate of drug-likeness (QED) is 0.820. The summed E-state index contributed by atoms with van der Waals surface area (Å²) in [6, 6.07) is 10.2. The Bertz CT molecular complexity index is 823. The minimum Gasteiger partial charge on any atom is -0.325 e. The molecule has 1 aliphatic heterocycles. The first-order valence-electron chi connectivity index (χ1n) is 8.02. The third-order valence-electron chi connectivity index (χ3n) is 4.47. The lowest BCUT2D eigenvalue weighted by Gasteiger charge is -2.39. The van der Waals surface area contributed by atoms with E-state index in [-0.39, 0.29) is 11.8 Å². The Morgan fingerprint density at radius 3 is 2.52 bits per heavy atom. The van der Waals surface area contributed by atoms with Crippen LogP contribution in [0.5, 0.6) is 0 Å². The summed E-state index contributed by atoms with van der Waals surface area (Å²) in [6.07, 6.45) is 0. The molecule has 6 heteroatoms. The van der Waals surface area contributed by atoms with Crippen LogP contribution in [0.15, 0.2) is 42.5 Å². The molecule has 1 fully saturated rings. The molecule has 1 atom stereocenters. The Hall–Kier alpha value is -2.40. The first kappa shape index (κ1) is 17.4. The van der Waals surface area contributed by atoms with E-state index in [1.807, 2.05) is 13.0 Å². The number of anilines is 1. The number of rotatable bonds is 2. The largest absolute Gasteiger partial charge is 0.325 e. The second kappa shape index (κ2) is 6.84. The molecule has 1 unspecified atom stereocenters. The van der Waals surface area contributed by atoms with Gasteiger partial charge in [-0.3, -0.25) is 9.59 Å². The van der Waals surface area contributed by atoms with Gasteiger partial charge < -0.3 is 9.80 Å². The molecule has 0 saturated carbocycles. The van der Waals surface area contributed by atoms with E-state index in [0.29, 0.717) is 23.7 Å². The molecule has 0 spiro atoms. The lowest BCUT2D eigenvalue weighted by Crippen LogP contribution is -2.57. The molecule has 1 heterocycles. The summed E-state index contributed by atoms with van der Waals surface area (Å²) in [6.45, 7) is 4.40. The maximum absolute atomic E-state index is 13.0. The predicted octanol–water partition coefficient (Wildman–Crippen LogP) is 3.67. The van der Waals surface area contributed by atoms with Crippen LogP contribution in [0.25, 0.3) is 0 Å². The van der Waals surface area contributed by atoms with Gasteiger partial charge in [-0.1, -0.05) is 17.7 Å². The fourth-order valence-corrected chi connectivity index (χ4v) is 3.18. The summed E-state index contributed by atoms with van der Waals surface area (Å²) in [4.78, 5) is 28.6. The number of carbonyl (C=O) groups excluding carboxylic acids is 2. The summed E-state index contributed by atoms with van der Waals surface area (Å²) in [7, 11) is 0. The monoisotopic (exact) mass is 360 g/mol. The topological polar surface area (TPSA) is 40.6 Å². The standard InChI is InChI=1S/C19H18ClFN2O2/c1-12-3-6-15(20)11-17(12)23-10-9-22(13(2)18(23)24)19(25)14-4-7-16(21)8-5-14/h3-8,11,13H,9-10H2,1-2H3. The maximum Gasteiger partial charge on any atom is 0.254 e. The summed E-state index contributed by atoms with van der Waals surface area (Å²) >= 11 is 6.06. The van der Waals surface area contributed by atoms with Crippen molar-refractivity contribution in [3.8, 4) is 0 Å². The zero-order valence-electron chi connectivity index (χ0n) is 14.0. The molecular formula is C19H18ClFN2O2. The summed E-state index contributed by atoms with van der Waals surface area (Å²) < 4.78 is 13.0. The molecule has 1 saturated heterocycles. The third kappa shape index (κ3) is 3.37. The number of piperazine rings is 1. The molecule has 0 aliphatic carbocycles. The van der Waals surface area contributed by atoms with Gasteiger partial charge in [-0.15, -0.1) is 0 Å². The minimum atomic E-state index is -0.607. The van der Waals surface area contributed by atoms with Crippen LogP contribution in [-0.4, -0.2) is 35.8 Å². The summed E-state index contributed by atoms with van der Waals surface area (Å²) in [5.74, 6) is -0.836. The minimum absolute atomic E-state index is 0.160. The van der Waals surface area contributed by atoms with Crippen molar-refractivity contribution in [2.24, 2.45) is 0 Å². The van der Waals surface area contributed by atoms with Crippen molar-refractivity contribution >= 4 is 29.1 Å². The van der Waals surface area contributed by atoms with Crippen LogP contribution in [-0.2, 0) is 4.79 Å². The lowest BCUT2D eigenvalue weighted by atomic mass is 10.1. The van der Waals surface area contributed by atoms with Crippen molar-refractivity contribution < 1.29 is 14.0 Å². The lowest BCUT2D eigenvalue weighted by molar-refractivity contribution is -0.124. The fourth-order valence-electron chi connectivity index (χ4n) is 3.02. The molecule has 2 amide bonds. The molecule has 0 radical (unpaired) electrons. The van der Waals surface area contributed by atoms with Gasteiger partial charge in [-0.2, -0.15) is 0 Å². The van der Waals surface area contributed by atoms with Crippen molar-refractivity contribution in [1.29, 1.82) is 0 Å². The number of nitrogens with zero attached hydrogens (tertiary/aromatic N) is 2. The van der Waals surface area contributed by atoms with E-state index in [2.05, 4.69) is 0 Å². The molecule has 1 aliphatic rings. The van der Waals surface area contributed by atoms with E-state index in [9.17, 15) is 14.0 Å². The maximum atomic E-state index is 13.0. The number of hydrogen-bond donors (Lipinski definition) is 0. The average Bonchev–Trinajstić information content (AvgIpc) is 2.60. The zero-order chi connectivity index (χ0) is 18.1. The van der Waals surface area contributed by atoms with E-state index in [4.69, 9.17) is 11.6 Å². The molecule has 0 aromatic heterocycles. The van der Waals surface area contributed by atoms with Crippen LogP contribution in [0.4, 0.5) is 10.1 Å². The molecule has 0 bridgehead atoms. The summed E-state index contributed by atoms with van der Waals surface area (Å²) in [5, 5.41) is 0.561. The van der Waals surface area contributed by atoms with Crippen LogP contribution in [0.1, 0.15) is 22.8 Å². The molecule has 2 aromatic rings. The second-order valence-electron chi connectivity index (χ2n) is 6.10. The number of benzene rings is 2. The number of amides is 2. The van der Waals surface area contributed by atoms with Crippen LogP contribution in [0.3, 0.4) is 0 Å². The van der Waals surface area contributed by atoms with E-state index in [0.717, 1.165) is 11.3 Å². The first-order valence-corrected chi connectivity index (χ1v) is 8.40. The highest BCUT2D eigenvalue weighted by Crippen LogP contribution is 2.27. The van der Waals surface area contributed by atoms with Crippen molar-refractivity contribution in [3.63, 3.8) is 0 Å². The molecule has 3 rings (SSSR count). The van der Waals surface area contributed by atoms with E-state index >= 15 is 0 Å². The van der Waals surface area contributed by atoms with Gasteiger partial charge in [0.1, 0.15) is 11.9 Å². The van der Waals surface area contributed by atoms with Gasteiger partial charge in [0.2, 0.25) is 5.91 Å². The first-order chi connectivity index (χ1) is 11.9. The highest BCUT2D eigenvalue weighted by Gasteiger charge is 2.35. The van der Waals surface area contributed by atoms with Gasteiger partial charge in [0.05, 0.1) is 0 Å². The Labute approximate surface area is 150 Å². The number of carbonyl (C=O) groups is 2. The normalized spacial score (nSPS) is 17.8. The molecular weight excluding hydrogens is 343 g/mol. The van der Waals surface area contributed by atoms with Gasteiger partial charge in [-0.05, 0) is 55.8 Å². The Morgan fingerprint density at radius 2 is 1.84 bits per heavy atom. The smallest absolute Gasteiger partial charge is 0.254 e. The van der Waals surface area contributed by atoms with Crippen molar-refractivity contribution in [3.05, 3.63) is 64.4 Å². The fraction of sp³-hybridized carbons (Fsp3) is 0.263. The predicted molar refractivity (Wildman–Crippen MR) is 95.4 cm³/mol. The molecule has 130 valence electrons. The Kier molecular flexibility index (Phi) is 4.77. The number of halogens is 2. The third-order valence-corrected chi connectivity index (χ3v) is 4.70. The van der Waals surface area contributed by atoms with E-state index in [1.54, 1.807) is 24.0 Å². The van der Waals surface area contributed by atoms with E-state index in [1.165, 1.54) is 29.2 Å². The Balaban J connectivity index is 1.83. The molecule has 25 heavy (non-hydrogen) atoms. The zero-order valence-corrected chi connectivity index (χ0v) is 14.8. The molecule has 0 N–H and O–H groups in total. The van der Waals surface area contributed by atoms with Gasteiger partial charge in [0, 0.05) is 29.4 Å². The number of aryl methyl sites for hydroxylation is 1. The van der Waals surface area contributed by atoms with Crippen molar-refractivity contribution in [2.45, 2.75) is 19.9 Å². The SMILES string of the molecule is Cc1ccc(Cl)cc1N1CCN(C(=O)c2ccc(F)cc2)C(C)C1=O. The second-order valence-corrected chi connectivity index (χ2v) is 6.54. The molecule has 4 nitrogen and oxygen atoms in total. The van der Waals surface area contributed by atoms with Gasteiger partial charge in [-0.25, -0.2) is 4.39 Å². The van der Waals surface area contributed by atoms with Gasteiger partial charge >= 0.3 is 0 Å². The Morgan fingerprint density at radius 1 is 1.16 bits per heavy atom.